The van der Waals surface area contributed by atoms with Crippen LogP contribution in [0.3, 0.4) is 0 Å². The average Bonchev–Trinajstić information content (AvgIpc) is 2.83. The molecule has 3 rings (SSSR count). The molecule has 0 aliphatic carbocycles. The first kappa shape index (κ1) is 14.6. The lowest BCUT2D eigenvalue weighted by molar-refractivity contribution is 0.253. The molecule has 7 heteroatoms. The van der Waals surface area contributed by atoms with Crippen LogP contribution in [0.2, 0.25) is 0 Å². The third-order valence-corrected chi connectivity index (χ3v) is 5.10. The molecule has 0 saturated carbocycles. The Bertz CT molecular complexity index is 623. The second-order valence-corrected chi connectivity index (χ2v) is 7.91. The Balaban J connectivity index is 1.59. The third-order valence-electron chi connectivity index (χ3n) is 3.81. The summed E-state index contributed by atoms with van der Waals surface area (Å²) in [6, 6.07) is 0. The Kier molecular flexibility index (Phi) is 4.03. The number of nitrogens with two attached hydrogens (primary N) is 1. The highest BCUT2D eigenvalue weighted by Crippen LogP contribution is 2.29. The van der Waals surface area contributed by atoms with Crippen LogP contribution in [0.15, 0.2) is 12.7 Å². The monoisotopic (exact) mass is 306 g/mol. The standard InChI is InChI=1S/C14H22N6S/c1-14(2)8-19(6-7-21-14)4-3-5-20-10-18-11-12(15)16-9-17-13(11)20/h9-10H,3-8H2,1-2H3,(H2,15,16,17). The Morgan fingerprint density at radius 2 is 2.14 bits per heavy atom. The van der Waals surface area contributed by atoms with Crippen molar-refractivity contribution in [1.29, 1.82) is 0 Å². The smallest absolute Gasteiger partial charge is 0.165 e. The fraction of sp³-hybridized carbons (Fsp3) is 0.643. The number of nitrogens with zero attached hydrogens (tertiary/aromatic N) is 5. The lowest BCUT2D eigenvalue weighted by Gasteiger charge is -2.37. The molecule has 1 aliphatic heterocycles. The summed E-state index contributed by atoms with van der Waals surface area (Å²) in [4.78, 5) is 15.1. The minimum atomic E-state index is 0.377. The van der Waals surface area contributed by atoms with Gasteiger partial charge in [0.2, 0.25) is 0 Å². The topological polar surface area (TPSA) is 72.9 Å². The molecular weight excluding hydrogens is 284 g/mol. The van der Waals surface area contributed by atoms with E-state index >= 15 is 0 Å². The zero-order chi connectivity index (χ0) is 14.9. The summed E-state index contributed by atoms with van der Waals surface area (Å²) in [6.45, 7) is 9.03. The van der Waals surface area contributed by atoms with Crippen LogP contribution in [0, 0.1) is 0 Å². The van der Waals surface area contributed by atoms with Gasteiger partial charge in [0.25, 0.3) is 0 Å². The average molecular weight is 306 g/mol. The van der Waals surface area contributed by atoms with Crippen LogP contribution in [0.1, 0.15) is 20.3 Å². The fourth-order valence-electron chi connectivity index (χ4n) is 2.83. The fourth-order valence-corrected chi connectivity index (χ4v) is 4.01. The predicted octanol–water partition coefficient (Wildman–Crippen LogP) is 1.63. The van der Waals surface area contributed by atoms with Gasteiger partial charge in [-0.3, -0.25) is 0 Å². The quantitative estimate of drug-likeness (QED) is 0.925. The van der Waals surface area contributed by atoms with Gasteiger partial charge in [0, 0.05) is 30.1 Å². The van der Waals surface area contributed by atoms with Crippen molar-refractivity contribution in [3.05, 3.63) is 12.7 Å². The van der Waals surface area contributed by atoms with Gasteiger partial charge in [-0.1, -0.05) is 0 Å². The summed E-state index contributed by atoms with van der Waals surface area (Å²) in [5.41, 5.74) is 7.34. The molecule has 0 radical (unpaired) electrons. The van der Waals surface area contributed by atoms with E-state index in [-0.39, 0.29) is 0 Å². The van der Waals surface area contributed by atoms with Gasteiger partial charge in [-0.15, -0.1) is 0 Å². The first-order valence-electron chi connectivity index (χ1n) is 7.33. The highest BCUT2D eigenvalue weighted by Gasteiger charge is 2.26. The second-order valence-electron chi connectivity index (χ2n) is 6.11. The number of imidazole rings is 1. The molecule has 0 aromatic carbocycles. The summed E-state index contributed by atoms with van der Waals surface area (Å²) < 4.78 is 2.44. The molecular formula is C14H22N6S. The number of rotatable bonds is 4. The molecule has 3 heterocycles. The van der Waals surface area contributed by atoms with E-state index in [1.54, 1.807) is 0 Å². The molecule has 6 nitrogen and oxygen atoms in total. The van der Waals surface area contributed by atoms with Crippen molar-refractivity contribution in [3.63, 3.8) is 0 Å². The highest BCUT2D eigenvalue weighted by molar-refractivity contribution is 8.00. The predicted molar refractivity (Wildman–Crippen MR) is 87.3 cm³/mol. The van der Waals surface area contributed by atoms with E-state index in [9.17, 15) is 0 Å². The first-order valence-corrected chi connectivity index (χ1v) is 8.31. The van der Waals surface area contributed by atoms with Crippen molar-refractivity contribution in [2.24, 2.45) is 0 Å². The molecule has 2 aromatic heterocycles. The molecule has 0 unspecified atom stereocenters. The Morgan fingerprint density at radius 1 is 1.29 bits per heavy atom. The van der Waals surface area contributed by atoms with Crippen LogP contribution < -0.4 is 5.73 Å². The summed E-state index contributed by atoms with van der Waals surface area (Å²) in [5.74, 6) is 1.68. The van der Waals surface area contributed by atoms with E-state index in [0.29, 0.717) is 16.1 Å². The normalized spacial score (nSPS) is 19.1. The Labute approximate surface area is 129 Å². The van der Waals surface area contributed by atoms with Crippen molar-refractivity contribution in [2.45, 2.75) is 31.6 Å². The number of fused-ring (bicyclic) bond motifs is 1. The van der Waals surface area contributed by atoms with Crippen molar-refractivity contribution in [1.82, 2.24) is 24.4 Å². The van der Waals surface area contributed by atoms with Crippen LogP contribution in [-0.4, -0.2) is 54.6 Å². The van der Waals surface area contributed by atoms with E-state index in [1.807, 2.05) is 6.33 Å². The van der Waals surface area contributed by atoms with E-state index in [1.165, 1.54) is 18.6 Å². The van der Waals surface area contributed by atoms with Gasteiger partial charge in [0.15, 0.2) is 11.5 Å². The van der Waals surface area contributed by atoms with Crippen LogP contribution in [0.4, 0.5) is 5.82 Å². The van der Waals surface area contributed by atoms with Crippen molar-refractivity contribution < 1.29 is 0 Å². The zero-order valence-electron chi connectivity index (χ0n) is 12.6. The number of hydrogen-bond donors (Lipinski definition) is 1. The molecule has 2 aromatic rings. The molecule has 0 amide bonds. The van der Waals surface area contributed by atoms with Gasteiger partial charge in [-0.25, -0.2) is 15.0 Å². The molecule has 114 valence electrons. The van der Waals surface area contributed by atoms with E-state index in [4.69, 9.17) is 5.73 Å². The summed E-state index contributed by atoms with van der Waals surface area (Å²) in [5, 5.41) is 0. The van der Waals surface area contributed by atoms with Gasteiger partial charge in [0.05, 0.1) is 6.33 Å². The van der Waals surface area contributed by atoms with Crippen molar-refractivity contribution in [2.75, 3.05) is 31.1 Å². The Hall–Kier alpha value is -1.34. The minimum absolute atomic E-state index is 0.377. The van der Waals surface area contributed by atoms with E-state index in [2.05, 4.69) is 50.0 Å². The lowest BCUT2D eigenvalue weighted by atomic mass is 10.2. The number of nitrogen functional groups attached to an aromatic ring is 1. The highest BCUT2D eigenvalue weighted by atomic mass is 32.2. The van der Waals surface area contributed by atoms with Crippen LogP contribution in [0.5, 0.6) is 0 Å². The van der Waals surface area contributed by atoms with Gasteiger partial charge in [-0.2, -0.15) is 11.8 Å². The largest absolute Gasteiger partial charge is 0.382 e. The zero-order valence-corrected chi connectivity index (χ0v) is 13.4. The third kappa shape index (κ3) is 3.29. The minimum Gasteiger partial charge on any atom is -0.382 e. The summed E-state index contributed by atoms with van der Waals surface area (Å²) in [6.07, 6.45) is 4.40. The van der Waals surface area contributed by atoms with E-state index in [0.717, 1.165) is 31.7 Å². The first-order chi connectivity index (χ1) is 10.1. The molecule has 0 atom stereocenters. The maximum absolute atomic E-state index is 5.81. The lowest BCUT2D eigenvalue weighted by Crippen LogP contribution is -2.43. The molecule has 0 spiro atoms. The number of hydrogen-bond acceptors (Lipinski definition) is 6. The number of anilines is 1. The molecule has 21 heavy (non-hydrogen) atoms. The van der Waals surface area contributed by atoms with Crippen LogP contribution in [0.25, 0.3) is 11.2 Å². The van der Waals surface area contributed by atoms with Gasteiger partial charge >= 0.3 is 0 Å². The van der Waals surface area contributed by atoms with E-state index < -0.39 is 0 Å². The maximum atomic E-state index is 5.81. The molecule has 0 bridgehead atoms. The van der Waals surface area contributed by atoms with Crippen molar-refractivity contribution >= 4 is 28.7 Å². The number of aryl methyl sites for hydroxylation is 1. The van der Waals surface area contributed by atoms with Crippen LogP contribution in [-0.2, 0) is 6.54 Å². The molecule has 1 fully saturated rings. The SMILES string of the molecule is CC1(C)CN(CCCn2cnc3c(N)ncnc32)CCS1. The summed E-state index contributed by atoms with van der Waals surface area (Å²) in [7, 11) is 0. The van der Waals surface area contributed by atoms with Crippen LogP contribution >= 0.6 is 11.8 Å². The maximum Gasteiger partial charge on any atom is 0.165 e. The van der Waals surface area contributed by atoms with Gasteiger partial charge in [-0.05, 0) is 26.8 Å². The van der Waals surface area contributed by atoms with Gasteiger partial charge in [0.1, 0.15) is 11.8 Å². The second kappa shape index (κ2) is 5.81. The number of thioether (sulfide) groups is 1. The summed E-state index contributed by atoms with van der Waals surface area (Å²) >= 11 is 2.07. The van der Waals surface area contributed by atoms with Crippen molar-refractivity contribution in [3.8, 4) is 0 Å². The molecule has 1 aliphatic rings. The Morgan fingerprint density at radius 3 is 2.95 bits per heavy atom. The molecule has 1 saturated heterocycles. The van der Waals surface area contributed by atoms with Gasteiger partial charge < -0.3 is 15.2 Å². The number of aromatic nitrogens is 4. The molecule has 2 N–H and O–H groups in total.